The summed E-state index contributed by atoms with van der Waals surface area (Å²) in [6, 6.07) is 0. The highest BCUT2D eigenvalue weighted by Gasteiger charge is 2.66. The Morgan fingerprint density at radius 1 is 1.42 bits per heavy atom. The molecule has 0 unspecified atom stereocenters. The van der Waals surface area contributed by atoms with E-state index in [2.05, 4.69) is 0 Å². The molecule has 2 saturated carbocycles. The van der Waals surface area contributed by atoms with Crippen LogP contribution in [0.4, 0.5) is 0 Å². The summed E-state index contributed by atoms with van der Waals surface area (Å²) in [7, 11) is 0. The van der Waals surface area contributed by atoms with Crippen LogP contribution in [0.5, 0.6) is 0 Å². The van der Waals surface area contributed by atoms with Gasteiger partial charge in [-0.15, -0.1) is 0 Å². The predicted octanol–water partition coefficient (Wildman–Crippen LogP) is 1.39. The van der Waals surface area contributed by atoms with Gasteiger partial charge < -0.3 is 9.53 Å². The largest absolute Gasteiger partial charge is 0.377 e. The summed E-state index contributed by atoms with van der Waals surface area (Å²) in [6.07, 6.45) is 6.54. The molecular formula is C10H14O2. The highest BCUT2D eigenvalue weighted by Crippen LogP contribution is 2.65. The zero-order chi connectivity index (χ0) is 8.18. The smallest absolute Gasteiger partial charge is 0.124 e. The summed E-state index contributed by atoms with van der Waals surface area (Å²) in [4.78, 5) is 10.9. The van der Waals surface area contributed by atoms with Crippen LogP contribution >= 0.6 is 0 Å². The van der Waals surface area contributed by atoms with Crippen molar-refractivity contribution in [2.45, 2.75) is 31.8 Å². The van der Waals surface area contributed by atoms with E-state index >= 15 is 0 Å². The molecule has 0 radical (unpaired) electrons. The van der Waals surface area contributed by atoms with Gasteiger partial charge in [0.1, 0.15) is 6.29 Å². The molecular weight excluding hydrogens is 152 g/mol. The van der Waals surface area contributed by atoms with Crippen molar-refractivity contribution in [3.63, 3.8) is 0 Å². The van der Waals surface area contributed by atoms with E-state index in [4.69, 9.17) is 4.74 Å². The van der Waals surface area contributed by atoms with Crippen LogP contribution in [0.1, 0.15) is 25.7 Å². The molecule has 3 fully saturated rings. The average molecular weight is 166 g/mol. The lowest BCUT2D eigenvalue weighted by Gasteiger charge is -2.61. The Morgan fingerprint density at radius 3 is 2.83 bits per heavy atom. The Labute approximate surface area is 72.3 Å². The Bertz CT molecular complexity index is 220. The van der Waals surface area contributed by atoms with E-state index in [-0.39, 0.29) is 0 Å². The van der Waals surface area contributed by atoms with E-state index in [1.54, 1.807) is 0 Å². The Morgan fingerprint density at radius 2 is 2.25 bits per heavy atom. The number of hydrogen-bond acceptors (Lipinski definition) is 2. The minimum absolute atomic E-state index is 0.322. The standard InChI is InChI=1S/C10H14O2/c11-6-8-7-2-5-12-9(7)10(8)3-1-4-10/h6-9H,1-5H2/t7-,8-,9-/m1/s1. The second-order valence-corrected chi connectivity index (χ2v) is 4.49. The number of hydrogen-bond donors (Lipinski definition) is 0. The quantitative estimate of drug-likeness (QED) is 0.550. The van der Waals surface area contributed by atoms with Gasteiger partial charge in [-0.05, 0) is 25.2 Å². The number of fused-ring (bicyclic) bond motifs is 2. The van der Waals surface area contributed by atoms with Crippen molar-refractivity contribution in [1.29, 1.82) is 0 Å². The average Bonchev–Trinajstić information content (AvgIpc) is 2.32. The second-order valence-electron chi connectivity index (χ2n) is 4.49. The van der Waals surface area contributed by atoms with E-state index in [1.165, 1.54) is 25.5 Å². The van der Waals surface area contributed by atoms with Crippen LogP contribution in [0.25, 0.3) is 0 Å². The van der Waals surface area contributed by atoms with E-state index in [0.717, 1.165) is 13.0 Å². The Kier molecular flexibility index (Phi) is 1.24. The predicted molar refractivity (Wildman–Crippen MR) is 43.7 cm³/mol. The van der Waals surface area contributed by atoms with Crippen LogP contribution in [0.3, 0.4) is 0 Å². The van der Waals surface area contributed by atoms with Crippen molar-refractivity contribution in [3.8, 4) is 0 Å². The van der Waals surface area contributed by atoms with E-state index in [9.17, 15) is 4.79 Å². The highest BCUT2D eigenvalue weighted by molar-refractivity contribution is 5.59. The van der Waals surface area contributed by atoms with Crippen LogP contribution in [0, 0.1) is 17.3 Å². The van der Waals surface area contributed by atoms with Crippen molar-refractivity contribution in [2.24, 2.45) is 17.3 Å². The molecule has 0 bridgehead atoms. The molecule has 0 aromatic heterocycles. The molecule has 2 aliphatic carbocycles. The fraction of sp³-hybridized carbons (Fsp3) is 0.900. The van der Waals surface area contributed by atoms with Gasteiger partial charge in [-0.2, -0.15) is 0 Å². The number of carbonyl (C=O) groups is 1. The molecule has 1 aliphatic heterocycles. The van der Waals surface area contributed by atoms with Crippen LogP contribution in [-0.2, 0) is 9.53 Å². The van der Waals surface area contributed by atoms with Crippen LogP contribution in [0.15, 0.2) is 0 Å². The maximum Gasteiger partial charge on any atom is 0.124 e. The molecule has 1 heterocycles. The fourth-order valence-corrected chi connectivity index (χ4v) is 3.50. The molecule has 2 nitrogen and oxygen atoms in total. The minimum Gasteiger partial charge on any atom is -0.377 e. The monoisotopic (exact) mass is 166 g/mol. The van der Waals surface area contributed by atoms with E-state index in [1.807, 2.05) is 0 Å². The summed E-state index contributed by atoms with van der Waals surface area (Å²) in [6.45, 7) is 0.890. The van der Waals surface area contributed by atoms with Crippen molar-refractivity contribution < 1.29 is 9.53 Å². The van der Waals surface area contributed by atoms with E-state index < -0.39 is 0 Å². The van der Waals surface area contributed by atoms with Crippen LogP contribution in [-0.4, -0.2) is 19.0 Å². The maximum absolute atomic E-state index is 10.9. The van der Waals surface area contributed by atoms with Gasteiger partial charge in [-0.1, -0.05) is 6.42 Å². The Balaban J connectivity index is 1.88. The number of rotatable bonds is 1. The molecule has 0 amide bonds. The molecule has 0 aromatic rings. The molecule has 3 rings (SSSR count). The fourth-order valence-electron chi connectivity index (χ4n) is 3.50. The third kappa shape index (κ3) is 0.565. The third-order valence-corrected chi connectivity index (χ3v) is 4.26. The molecule has 3 atom stereocenters. The number of carbonyl (C=O) groups excluding carboxylic acids is 1. The van der Waals surface area contributed by atoms with Gasteiger partial charge >= 0.3 is 0 Å². The lowest BCUT2D eigenvalue weighted by Crippen LogP contribution is -2.63. The minimum atomic E-state index is 0.322. The maximum atomic E-state index is 10.9. The lowest BCUT2D eigenvalue weighted by molar-refractivity contribution is -0.195. The lowest BCUT2D eigenvalue weighted by atomic mass is 9.44. The zero-order valence-corrected chi connectivity index (χ0v) is 7.16. The van der Waals surface area contributed by atoms with Crippen LogP contribution < -0.4 is 0 Å². The van der Waals surface area contributed by atoms with Crippen molar-refractivity contribution in [2.75, 3.05) is 6.61 Å². The Hall–Kier alpha value is -0.370. The summed E-state index contributed by atoms with van der Waals surface area (Å²) < 4.78 is 5.68. The molecule has 2 heteroatoms. The molecule has 66 valence electrons. The first-order chi connectivity index (χ1) is 5.88. The van der Waals surface area contributed by atoms with Gasteiger partial charge in [0, 0.05) is 17.9 Å². The van der Waals surface area contributed by atoms with Crippen molar-refractivity contribution in [1.82, 2.24) is 0 Å². The molecule has 12 heavy (non-hydrogen) atoms. The highest BCUT2D eigenvalue weighted by atomic mass is 16.5. The molecule has 1 spiro atoms. The first-order valence-corrected chi connectivity index (χ1v) is 4.95. The second kappa shape index (κ2) is 2.11. The van der Waals surface area contributed by atoms with Gasteiger partial charge in [0.15, 0.2) is 0 Å². The molecule has 3 aliphatic rings. The first kappa shape index (κ1) is 7.07. The molecule has 1 saturated heterocycles. The van der Waals surface area contributed by atoms with Crippen molar-refractivity contribution in [3.05, 3.63) is 0 Å². The molecule has 0 N–H and O–H groups in total. The van der Waals surface area contributed by atoms with Gasteiger partial charge in [-0.25, -0.2) is 0 Å². The van der Waals surface area contributed by atoms with Gasteiger partial charge in [0.05, 0.1) is 6.10 Å². The first-order valence-electron chi connectivity index (χ1n) is 4.95. The molecule has 0 aromatic carbocycles. The van der Waals surface area contributed by atoms with Gasteiger partial charge in [0.2, 0.25) is 0 Å². The normalized spacial score (nSPS) is 47.8. The zero-order valence-electron chi connectivity index (χ0n) is 7.16. The van der Waals surface area contributed by atoms with Crippen LogP contribution in [0.2, 0.25) is 0 Å². The summed E-state index contributed by atoms with van der Waals surface area (Å²) in [5, 5.41) is 0. The SMILES string of the molecule is O=C[C@@H]1[C@H]2CCO[C@H]2C12CCC2. The van der Waals surface area contributed by atoms with Crippen molar-refractivity contribution >= 4 is 6.29 Å². The summed E-state index contributed by atoms with van der Waals surface area (Å²) in [5.74, 6) is 0.932. The van der Waals surface area contributed by atoms with Gasteiger partial charge in [-0.3, -0.25) is 0 Å². The topological polar surface area (TPSA) is 26.3 Å². The third-order valence-electron chi connectivity index (χ3n) is 4.26. The van der Waals surface area contributed by atoms with E-state index in [0.29, 0.717) is 23.4 Å². The number of ether oxygens (including phenoxy) is 1. The van der Waals surface area contributed by atoms with Gasteiger partial charge in [0.25, 0.3) is 0 Å². The summed E-state index contributed by atoms with van der Waals surface area (Å²) in [5.41, 5.74) is 0.322. The number of aldehydes is 1. The summed E-state index contributed by atoms with van der Waals surface area (Å²) >= 11 is 0.